The van der Waals surface area contributed by atoms with Crippen molar-refractivity contribution in [2.45, 2.75) is 12.8 Å². The molecule has 1 unspecified atom stereocenters. The minimum Gasteiger partial charge on any atom is -0.361 e. The number of carbonyl (C=O) groups excluding carboxylic acids is 1. The molecule has 0 radical (unpaired) electrons. The molecule has 2 heterocycles. The third kappa shape index (κ3) is 3.88. The van der Waals surface area contributed by atoms with Crippen LogP contribution in [0.2, 0.25) is 0 Å². The molecule has 4 rings (SSSR count). The average molecular weight is 375 g/mol. The highest BCUT2D eigenvalue weighted by atomic mass is 32.1. The van der Waals surface area contributed by atoms with Crippen LogP contribution in [0.15, 0.2) is 72.2 Å². The fraction of sp³-hybridized carbons (Fsp3) is 0.136. The summed E-state index contributed by atoms with van der Waals surface area (Å²) in [5.41, 5.74) is 4.22. The molecular weight excluding hydrogens is 354 g/mol. The molecule has 4 nitrogen and oxygen atoms in total. The molecule has 4 aromatic rings. The Labute approximate surface area is 162 Å². The lowest BCUT2D eigenvalue weighted by molar-refractivity contribution is 0.252. The lowest BCUT2D eigenvalue weighted by atomic mass is 9.97. The van der Waals surface area contributed by atoms with Crippen LogP contribution in [-0.2, 0) is 0 Å². The Bertz CT molecular complexity index is 1050. The van der Waals surface area contributed by atoms with Crippen molar-refractivity contribution in [3.8, 4) is 0 Å². The molecule has 5 heteroatoms. The summed E-state index contributed by atoms with van der Waals surface area (Å²) in [6.07, 6.45) is 2.05. The van der Waals surface area contributed by atoms with Gasteiger partial charge >= 0.3 is 6.03 Å². The summed E-state index contributed by atoms with van der Waals surface area (Å²) >= 11 is 1.71. The number of thiophene rings is 1. The molecule has 0 bridgehead atoms. The number of aromatic nitrogens is 1. The SMILES string of the molecule is Cc1cccc(NC(=O)NCC(c2cccs2)c2c[nH]c3ccccc23)c1. The first-order valence-corrected chi connectivity index (χ1v) is 9.79. The molecule has 0 spiro atoms. The number of anilines is 1. The highest BCUT2D eigenvalue weighted by molar-refractivity contribution is 7.10. The minimum absolute atomic E-state index is 0.101. The molecular formula is C22H21N3OS. The number of aryl methyl sites for hydroxylation is 1. The Balaban J connectivity index is 1.53. The van der Waals surface area contributed by atoms with Gasteiger partial charge in [0.2, 0.25) is 0 Å². The highest BCUT2D eigenvalue weighted by Crippen LogP contribution is 2.32. The zero-order valence-electron chi connectivity index (χ0n) is 15.0. The number of para-hydroxylation sites is 1. The van der Waals surface area contributed by atoms with Crippen molar-refractivity contribution >= 4 is 34.0 Å². The summed E-state index contributed by atoms with van der Waals surface area (Å²) in [5, 5.41) is 9.21. The van der Waals surface area contributed by atoms with Gasteiger partial charge in [-0.3, -0.25) is 0 Å². The Kier molecular flexibility index (Phi) is 4.94. The van der Waals surface area contributed by atoms with Crippen molar-refractivity contribution in [2.75, 3.05) is 11.9 Å². The van der Waals surface area contributed by atoms with E-state index in [1.807, 2.05) is 43.3 Å². The highest BCUT2D eigenvalue weighted by Gasteiger charge is 2.20. The third-order valence-corrected chi connectivity index (χ3v) is 5.61. The third-order valence-electron chi connectivity index (χ3n) is 4.63. The summed E-state index contributed by atoms with van der Waals surface area (Å²) in [7, 11) is 0. The number of hydrogen-bond donors (Lipinski definition) is 3. The summed E-state index contributed by atoms with van der Waals surface area (Å²) in [4.78, 5) is 17.0. The van der Waals surface area contributed by atoms with Gasteiger partial charge in [-0.1, -0.05) is 36.4 Å². The summed E-state index contributed by atoms with van der Waals surface area (Å²) in [6.45, 7) is 2.53. The van der Waals surface area contributed by atoms with Crippen LogP contribution < -0.4 is 10.6 Å². The van der Waals surface area contributed by atoms with Crippen molar-refractivity contribution in [3.63, 3.8) is 0 Å². The zero-order valence-corrected chi connectivity index (χ0v) is 15.8. The number of aromatic amines is 1. The van der Waals surface area contributed by atoms with Gasteiger partial charge in [-0.05, 0) is 47.7 Å². The van der Waals surface area contributed by atoms with E-state index in [1.54, 1.807) is 11.3 Å². The number of urea groups is 1. The van der Waals surface area contributed by atoms with Crippen molar-refractivity contribution in [2.24, 2.45) is 0 Å². The second kappa shape index (κ2) is 7.68. The number of fused-ring (bicyclic) bond motifs is 1. The van der Waals surface area contributed by atoms with Crippen LogP contribution in [0.1, 0.15) is 21.9 Å². The molecule has 0 saturated heterocycles. The van der Waals surface area contributed by atoms with E-state index in [2.05, 4.69) is 51.5 Å². The van der Waals surface area contributed by atoms with Gasteiger partial charge in [-0.2, -0.15) is 0 Å². The molecule has 2 aromatic carbocycles. The second-order valence-electron chi connectivity index (χ2n) is 6.56. The largest absolute Gasteiger partial charge is 0.361 e. The van der Waals surface area contributed by atoms with Crippen LogP contribution in [0.3, 0.4) is 0 Å². The number of carbonyl (C=O) groups is 1. The number of hydrogen-bond acceptors (Lipinski definition) is 2. The van der Waals surface area contributed by atoms with Crippen molar-refractivity contribution in [1.82, 2.24) is 10.3 Å². The van der Waals surface area contributed by atoms with Crippen LogP contribution in [0.5, 0.6) is 0 Å². The standard InChI is InChI=1S/C22H21N3OS/c1-15-6-4-7-16(12-15)25-22(26)24-14-19(21-10-5-11-27-21)18-13-23-20-9-3-2-8-17(18)20/h2-13,19,23H,14H2,1H3,(H2,24,25,26). The lowest BCUT2D eigenvalue weighted by Gasteiger charge is -2.17. The van der Waals surface area contributed by atoms with Crippen LogP contribution in [0.25, 0.3) is 10.9 Å². The monoisotopic (exact) mass is 375 g/mol. The van der Waals surface area contributed by atoms with E-state index in [4.69, 9.17) is 0 Å². The van der Waals surface area contributed by atoms with E-state index in [0.29, 0.717) is 6.54 Å². The van der Waals surface area contributed by atoms with Gasteiger partial charge < -0.3 is 15.6 Å². The molecule has 136 valence electrons. The van der Waals surface area contributed by atoms with Crippen LogP contribution >= 0.6 is 11.3 Å². The summed E-state index contributed by atoms with van der Waals surface area (Å²) in [5.74, 6) is 0.101. The van der Waals surface area contributed by atoms with Gasteiger partial charge in [-0.25, -0.2) is 4.79 Å². The van der Waals surface area contributed by atoms with Gasteiger partial charge in [0, 0.05) is 40.1 Å². The molecule has 0 aliphatic rings. The molecule has 2 amide bonds. The molecule has 1 atom stereocenters. The number of benzene rings is 2. The molecule has 0 aliphatic heterocycles. The van der Waals surface area contributed by atoms with Crippen LogP contribution in [0, 0.1) is 6.92 Å². The van der Waals surface area contributed by atoms with Gasteiger partial charge in [0.1, 0.15) is 0 Å². The first-order valence-electron chi connectivity index (χ1n) is 8.91. The Hall–Kier alpha value is -3.05. The second-order valence-corrected chi connectivity index (χ2v) is 7.54. The van der Waals surface area contributed by atoms with Crippen molar-refractivity contribution < 1.29 is 4.79 Å². The van der Waals surface area contributed by atoms with E-state index < -0.39 is 0 Å². The molecule has 3 N–H and O–H groups in total. The number of H-pyrrole nitrogens is 1. The van der Waals surface area contributed by atoms with Gasteiger partial charge in [0.25, 0.3) is 0 Å². The number of amides is 2. The summed E-state index contributed by atoms with van der Waals surface area (Å²) in [6, 6.07) is 20.0. The van der Waals surface area contributed by atoms with Crippen LogP contribution in [0.4, 0.5) is 10.5 Å². The Morgan fingerprint density at radius 1 is 1.11 bits per heavy atom. The van der Waals surface area contributed by atoms with Gasteiger partial charge in [0.15, 0.2) is 0 Å². The summed E-state index contributed by atoms with van der Waals surface area (Å²) < 4.78 is 0. The quantitative estimate of drug-likeness (QED) is 0.424. The van der Waals surface area contributed by atoms with E-state index in [9.17, 15) is 4.79 Å². The number of nitrogens with one attached hydrogen (secondary N) is 3. The van der Waals surface area contributed by atoms with E-state index in [1.165, 1.54) is 15.8 Å². The zero-order chi connectivity index (χ0) is 18.6. The average Bonchev–Trinajstić information content (AvgIpc) is 3.33. The molecule has 0 fully saturated rings. The molecule has 2 aromatic heterocycles. The maximum absolute atomic E-state index is 12.4. The number of rotatable bonds is 5. The molecule has 0 saturated carbocycles. The Morgan fingerprint density at radius 2 is 2.00 bits per heavy atom. The predicted octanol–water partition coefficient (Wildman–Crippen LogP) is 5.49. The normalized spacial score (nSPS) is 12.0. The van der Waals surface area contributed by atoms with E-state index in [-0.39, 0.29) is 11.9 Å². The fourth-order valence-corrected chi connectivity index (χ4v) is 4.17. The molecule has 0 aliphatic carbocycles. The first kappa shape index (κ1) is 17.4. The van der Waals surface area contributed by atoms with Crippen LogP contribution in [-0.4, -0.2) is 17.6 Å². The first-order chi connectivity index (χ1) is 13.2. The van der Waals surface area contributed by atoms with E-state index in [0.717, 1.165) is 16.8 Å². The van der Waals surface area contributed by atoms with Crippen molar-refractivity contribution in [1.29, 1.82) is 0 Å². The van der Waals surface area contributed by atoms with Gasteiger partial charge in [-0.15, -0.1) is 11.3 Å². The lowest BCUT2D eigenvalue weighted by Crippen LogP contribution is -2.32. The van der Waals surface area contributed by atoms with Crippen molar-refractivity contribution in [3.05, 3.63) is 88.2 Å². The smallest absolute Gasteiger partial charge is 0.319 e. The van der Waals surface area contributed by atoms with Gasteiger partial charge in [0.05, 0.1) is 0 Å². The maximum Gasteiger partial charge on any atom is 0.319 e. The topological polar surface area (TPSA) is 56.9 Å². The van der Waals surface area contributed by atoms with E-state index >= 15 is 0 Å². The predicted molar refractivity (Wildman–Crippen MR) is 113 cm³/mol. The maximum atomic E-state index is 12.4. The Morgan fingerprint density at radius 3 is 2.81 bits per heavy atom. The fourth-order valence-electron chi connectivity index (χ4n) is 3.33. The molecule has 27 heavy (non-hydrogen) atoms. The minimum atomic E-state index is -0.193.